The molecule has 1 aromatic rings. The van der Waals surface area contributed by atoms with Gasteiger partial charge < -0.3 is 0 Å². The Bertz CT molecular complexity index is 366. The molecular weight excluding hydrogens is 294 g/mol. The van der Waals surface area contributed by atoms with E-state index in [1.807, 2.05) is 22.6 Å². The smallest absolute Gasteiger partial charge is 0.171 e. The van der Waals surface area contributed by atoms with Crippen molar-refractivity contribution in [2.75, 3.05) is 0 Å². The van der Waals surface area contributed by atoms with E-state index >= 15 is 0 Å². The number of ketones is 1. The number of rotatable bonds is 1. The van der Waals surface area contributed by atoms with Gasteiger partial charge in [-0.05, 0) is 40.8 Å². The minimum atomic E-state index is -0.534. The van der Waals surface area contributed by atoms with Crippen LogP contribution in [0.5, 0.6) is 0 Å². The molecule has 1 aromatic carbocycles. The number of benzene rings is 1. The lowest BCUT2D eigenvalue weighted by Gasteiger charge is -2.16. The van der Waals surface area contributed by atoms with Crippen LogP contribution in [0.15, 0.2) is 18.2 Å². The van der Waals surface area contributed by atoms with E-state index in [1.54, 1.807) is 32.9 Å². The van der Waals surface area contributed by atoms with Crippen molar-refractivity contribution in [2.24, 2.45) is 5.41 Å². The number of hydrogen-bond donors (Lipinski definition) is 0. The third-order valence-electron chi connectivity index (χ3n) is 1.86. The van der Waals surface area contributed by atoms with Crippen LogP contribution in [0.3, 0.4) is 0 Å². The highest BCUT2D eigenvalue weighted by atomic mass is 127. The van der Waals surface area contributed by atoms with Crippen molar-refractivity contribution in [1.29, 1.82) is 0 Å². The first-order valence-electron chi connectivity index (χ1n) is 4.32. The van der Waals surface area contributed by atoms with Crippen molar-refractivity contribution in [3.63, 3.8) is 0 Å². The number of hydrogen-bond acceptors (Lipinski definition) is 1. The van der Waals surface area contributed by atoms with Crippen LogP contribution < -0.4 is 0 Å². The lowest BCUT2D eigenvalue weighted by atomic mass is 9.86. The fourth-order valence-corrected chi connectivity index (χ4v) is 1.53. The van der Waals surface area contributed by atoms with Crippen LogP contribution in [0.2, 0.25) is 0 Å². The summed E-state index contributed by atoms with van der Waals surface area (Å²) in [6.45, 7) is 5.35. The monoisotopic (exact) mass is 306 g/mol. The SMILES string of the molecule is CC(C)(C)C(=O)c1ccc(I)cc1F. The van der Waals surface area contributed by atoms with E-state index in [0.29, 0.717) is 0 Å². The Balaban J connectivity index is 3.15. The minimum absolute atomic E-state index is 0.161. The molecule has 76 valence electrons. The van der Waals surface area contributed by atoms with Crippen molar-refractivity contribution < 1.29 is 9.18 Å². The topological polar surface area (TPSA) is 17.1 Å². The summed E-state index contributed by atoms with van der Waals surface area (Å²) in [5.41, 5.74) is -0.355. The lowest BCUT2D eigenvalue weighted by molar-refractivity contribution is 0.0854. The maximum absolute atomic E-state index is 13.4. The number of carbonyl (C=O) groups is 1. The van der Waals surface area contributed by atoms with Gasteiger partial charge in [0.15, 0.2) is 5.78 Å². The molecule has 14 heavy (non-hydrogen) atoms. The van der Waals surface area contributed by atoms with E-state index in [2.05, 4.69) is 0 Å². The van der Waals surface area contributed by atoms with Crippen LogP contribution in [0.4, 0.5) is 4.39 Å². The van der Waals surface area contributed by atoms with E-state index in [0.717, 1.165) is 3.57 Å². The summed E-state index contributed by atoms with van der Waals surface area (Å²) < 4.78 is 14.2. The van der Waals surface area contributed by atoms with E-state index in [4.69, 9.17) is 0 Å². The summed E-state index contributed by atoms with van der Waals surface area (Å²) in [6, 6.07) is 4.66. The predicted octanol–water partition coefficient (Wildman–Crippen LogP) is 3.66. The summed E-state index contributed by atoms with van der Waals surface area (Å²) in [4.78, 5) is 11.8. The molecule has 0 aliphatic carbocycles. The summed E-state index contributed by atoms with van der Waals surface area (Å²) in [6.07, 6.45) is 0. The molecule has 3 heteroatoms. The van der Waals surface area contributed by atoms with Crippen LogP contribution >= 0.6 is 22.6 Å². The van der Waals surface area contributed by atoms with Crippen LogP contribution in [0, 0.1) is 14.8 Å². The van der Waals surface area contributed by atoms with Crippen LogP contribution in [0.1, 0.15) is 31.1 Å². The third kappa shape index (κ3) is 2.53. The second-order valence-corrected chi connectivity index (χ2v) is 5.45. The van der Waals surface area contributed by atoms with E-state index in [1.165, 1.54) is 6.07 Å². The van der Waals surface area contributed by atoms with Gasteiger partial charge in [0, 0.05) is 8.99 Å². The zero-order chi connectivity index (χ0) is 10.9. The predicted molar refractivity (Wildman–Crippen MR) is 62.9 cm³/mol. The van der Waals surface area contributed by atoms with Crippen molar-refractivity contribution in [1.82, 2.24) is 0 Å². The van der Waals surface area contributed by atoms with Gasteiger partial charge in [0.25, 0.3) is 0 Å². The molecule has 0 unspecified atom stereocenters. The summed E-state index contributed by atoms with van der Waals surface area (Å²) >= 11 is 2.02. The second-order valence-electron chi connectivity index (χ2n) is 4.20. The molecule has 0 aromatic heterocycles. The first-order valence-corrected chi connectivity index (χ1v) is 5.40. The van der Waals surface area contributed by atoms with Crippen LogP contribution in [0.25, 0.3) is 0 Å². The number of carbonyl (C=O) groups excluding carboxylic acids is 1. The molecule has 0 aliphatic heterocycles. The van der Waals surface area contributed by atoms with Crippen LogP contribution in [-0.2, 0) is 0 Å². The highest BCUT2D eigenvalue weighted by Gasteiger charge is 2.25. The molecule has 0 N–H and O–H groups in total. The molecule has 1 rings (SSSR count). The molecule has 1 nitrogen and oxygen atoms in total. The Kier molecular flexibility index (Phi) is 3.29. The summed E-state index contributed by atoms with van der Waals surface area (Å²) in [5, 5.41) is 0. The quantitative estimate of drug-likeness (QED) is 0.571. The number of halogens is 2. The molecule has 0 heterocycles. The molecule has 0 saturated carbocycles. The lowest BCUT2D eigenvalue weighted by Crippen LogP contribution is -2.21. The van der Waals surface area contributed by atoms with Crippen LogP contribution in [-0.4, -0.2) is 5.78 Å². The zero-order valence-corrected chi connectivity index (χ0v) is 10.6. The normalized spacial score (nSPS) is 11.5. The van der Waals surface area contributed by atoms with Gasteiger partial charge in [-0.15, -0.1) is 0 Å². The Hall–Kier alpha value is -0.450. The van der Waals surface area contributed by atoms with Gasteiger partial charge in [0.1, 0.15) is 5.82 Å². The fourth-order valence-electron chi connectivity index (χ4n) is 1.08. The van der Waals surface area contributed by atoms with Crippen molar-refractivity contribution in [2.45, 2.75) is 20.8 Å². The highest BCUT2D eigenvalue weighted by Crippen LogP contribution is 2.23. The maximum atomic E-state index is 13.4. The zero-order valence-electron chi connectivity index (χ0n) is 8.40. The Morgan fingerprint density at radius 3 is 2.36 bits per heavy atom. The summed E-state index contributed by atoms with van der Waals surface area (Å²) in [5.74, 6) is -0.594. The molecule has 0 radical (unpaired) electrons. The molecule has 0 fully saturated rings. The largest absolute Gasteiger partial charge is 0.293 e. The van der Waals surface area contributed by atoms with Crippen molar-refractivity contribution >= 4 is 28.4 Å². The highest BCUT2D eigenvalue weighted by molar-refractivity contribution is 14.1. The van der Waals surface area contributed by atoms with Gasteiger partial charge >= 0.3 is 0 Å². The van der Waals surface area contributed by atoms with E-state index in [-0.39, 0.29) is 11.3 Å². The molecule has 0 bridgehead atoms. The molecule has 0 atom stereocenters. The molecule has 0 saturated heterocycles. The Morgan fingerprint density at radius 1 is 1.36 bits per heavy atom. The molecular formula is C11H12FIO. The fraction of sp³-hybridized carbons (Fsp3) is 0.364. The van der Waals surface area contributed by atoms with E-state index < -0.39 is 11.2 Å². The third-order valence-corrected chi connectivity index (χ3v) is 2.53. The Labute approximate surface area is 96.8 Å². The maximum Gasteiger partial charge on any atom is 0.171 e. The average molecular weight is 306 g/mol. The number of Topliss-reactive ketones (excluding diaryl/α,β-unsaturated/α-hetero) is 1. The second kappa shape index (κ2) is 3.96. The van der Waals surface area contributed by atoms with Gasteiger partial charge in [-0.25, -0.2) is 4.39 Å². The first kappa shape index (κ1) is 11.6. The van der Waals surface area contributed by atoms with Crippen molar-refractivity contribution in [3.8, 4) is 0 Å². The van der Waals surface area contributed by atoms with Gasteiger partial charge in [-0.2, -0.15) is 0 Å². The van der Waals surface area contributed by atoms with Gasteiger partial charge in [0.2, 0.25) is 0 Å². The average Bonchev–Trinajstić information content (AvgIpc) is 2.01. The Morgan fingerprint density at radius 2 is 1.93 bits per heavy atom. The first-order chi connectivity index (χ1) is 6.32. The molecule has 0 aliphatic rings. The summed E-state index contributed by atoms with van der Waals surface area (Å²) in [7, 11) is 0. The van der Waals surface area contributed by atoms with Crippen molar-refractivity contribution in [3.05, 3.63) is 33.1 Å². The molecule has 0 spiro atoms. The minimum Gasteiger partial charge on any atom is -0.293 e. The van der Waals surface area contributed by atoms with Gasteiger partial charge in [-0.1, -0.05) is 20.8 Å². The van der Waals surface area contributed by atoms with Gasteiger partial charge in [0.05, 0.1) is 5.56 Å². The van der Waals surface area contributed by atoms with E-state index in [9.17, 15) is 9.18 Å². The van der Waals surface area contributed by atoms with Gasteiger partial charge in [-0.3, -0.25) is 4.79 Å². The molecule has 0 amide bonds. The standard InChI is InChI=1S/C11H12FIO/c1-11(2,3)10(14)8-5-4-7(13)6-9(8)12/h4-6H,1-3H3.